The molecular weight excluding hydrogens is 474 g/mol. The molecular formula is C31H27N5O2. The Balaban J connectivity index is 1.38. The second kappa shape index (κ2) is 9.86. The van der Waals surface area contributed by atoms with Crippen molar-refractivity contribution in [1.29, 1.82) is 0 Å². The van der Waals surface area contributed by atoms with Gasteiger partial charge in [0, 0.05) is 41.5 Å². The first-order valence-electron chi connectivity index (χ1n) is 12.4. The maximum absolute atomic E-state index is 6.06. The molecule has 0 atom stereocenters. The van der Waals surface area contributed by atoms with E-state index in [4.69, 9.17) is 14.5 Å². The van der Waals surface area contributed by atoms with Crippen molar-refractivity contribution in [2.45, 2.75) is 13.5 Å². The molecule has 0 bridgehead atoms. The molecule has 0 amide bonds. The van der Waals surface area contributed by atoms with E-state index in [1.54, 1.807) is 13.3 Å². The van der Waals surface area contributed by atoms with E-state index in [2.05, 4.69) is 57.2 Å². The van der Waals surface area contributed by atoms with Crippen LogP contribution in [0.3, 0.4) is 0 Å². The van der Waals surface area contributed by atoms with Gasteiger partial charge >= 0.3 is 0 Å². The van der Waals surface area contributed by atoms with Crippen molar-refractivity contribution < 1.29 is 9.47 Å². The first-order chi connectivity index (χ1) is 18.6. The number of ether oxygens (including phenoxy) is 2. The Hall–Kier alpha value is -4.91. The van der Waals surface area contributed by atoms with Crippen LogP contribution >= 0.6 is 0 Å². The molecule has 7 nitrogen and oxygen atoms in total. The summed E-state index contributed by atoms with van der Waals surface area (Å²) in [5.74, 6) is 2.12. The summed E-state index contributed by atoms with van der Waals surface area (Å²) in [6, 6.07) is 24.5. The molecule has 0 fully saturated rings. The zero-order valence-electron chi connectivity index (χ0n) is 21.5. The first-order valence-corrected chi connectivity index (χ1v) is 12.4. The summed E-state index contributed by atoms with van der Waals surface area (Å²) < 4.78 is 13.4. The van der Waals surface area contributed by atoms with E-state index in [1.807, 2.05) is 61.8 Å². The van der Waals surface area contributed by atoms with Gasteiger partial charge < -0.3 is 19.4 Å². The van der Waals surface area contributed by atoms with Crippen LogP contribution in [0.15, 0.2) is 91.4 Å². The smallest absolute Gasteiger partial charge is 0.224 e. The minimum Gasteiger partial charge on any atom is -0.497 e. The standard InChI is InChI=1S/C31H27N5O2/c1-20-6-4-5-7-29(20)36-18-27(26-17-34-31(32-2)35-30(26)36)22-10-13-28-23(14-22)15-25(16-33-28)38-19-21-8-11-24(37-3)12-9-21/h4-18H,19H2,1-3H3,(H,32,34,35). The summed E-state index contributed by atoms with van der Waals surface area (Å²) in [5.41, 5.74) is 7.18. The largest absolute Gasteiger partial charge is 0.497 e. The fraction of sp³-hybridized carbons (Fsp3) is 0.129. The molecule has 6 aromatic rings. The second-order valence-electron chi connectivity index (χ2n) is 9.10. The fourth-order valence-electron chi connectivity index (χ4n) is 4.62. The van der Waals surface area contributed by atoms with Crippen LogP contribution in [0, 0.1) is 6.92 Å². The van der Waals surface area contributed by atoms with Gasteiger partial charge in [0.1, 0.15) is 18.1 Å². The Kier molecular flexibility index (Phi) is 6.09. The van der Waals surface area contributed by atoms with Crippen molar-refractivity contribution in [3.05, 3.63) is 103 Å². The highest BCUT2D eigenvalue weighted by molar-refractivity contribution is 5.97. The zero-order chi connectivity index (χ0) is 26.1. The number of benzene rings is 3. The van der Waals surface area contributed by atoms with Gasteiger partial charge in [-0.1, -0.05) is 36.4 Å². The lowest BCUT2D eigenvalue weighted by molar-refractivity contribution is 0.305. The van der Waals surface area contributed by atoms with Gasteiger partial charge in [0.15, 0.2) is 5.65 Å². The predicted molar refractivity (Wildman–Crippen MR) is 151 cm³/mol. The summed E-state index contributed by atoms with van der Waals surface area (Å²) in [4.78, 5) is 13.9. The third-order valence-corrected chi connectivity index (χ3v) is 6.68. The number of nitrogens with one attached hydrogen (secondary N) is 1. The quantitative estimate of drug-likeness (QED) is 0.267. The molecule has 6 rings (SSSR count). The Bertz CT molecular complexity index is 1760. The average Bonchev–Trinajstić information content (AvgIpc) is 3.34. The van der Waals surface area contributed by atoms with Crippen molar-refractivity contribution in [3.63, 3.8) is 0 Å². The van der Waals surface area contributed by atoms with E-state index in [-0.39, 0.29) is 0 Å². The molecule has 0 spiro atoms. The molecule has 188 valence electrons. The van der Waals surface area contributed by atoms with Crippen LogP contribution < -0.4 is 14.8 Å². The highest BCUT2D eigenvalue weighted by Crippen LogP contribution is 2.34. The first kappa shape index (κ1) is 23.5. The monoisotopic (exact) mass is 501 g/mol. The van der Waals surface area contributed by atoms with Gasteiger partial charge in [-0.3, -0.25) is 4.98 Å². The molecule has 0 saturated carbocycles. The maximum atomic E-state index is 6.06. The van der Waals surface area contributed by atoms with Crippen LogP contribution in [0.25, 0.3) is 38.8 Å². The minimum atomic E-state index is 0.450. The molecule has 0 aliphatic rings. The number of hydrogen-bond acceptors (Lipinski definition) is 6. The number of nitrogens with zero attached hydrogens (tertiary/aromatic N) is 4. The third-order valence-electron chi connectivity index (χ3n) is 6.68. The third kappa shape index (κ3) is 4.39. The van der Waals surface area contributed by atoms with E-state index >= 15 is 0 Å². The van der Waals surface area contributed by atoms with E-state index in [0.717, 1.165) is 55.8 Å². The van der Waals surface area contributed by atoms with Crippen molar-refractivity contribution in [1.82, 2.24) is 19.5 Å². The highest BCUT2D eigenvalue weighted by atomic mass is 16.5. The van der Waals surface area contributed by atoms with Gasteiger partial charge in [0.2, 0.25) is 5.95 Å². The van der Waals surface area contributed by atoms with Gasteiger partial charge in [0.05, 0.1) is 18.8 Å². The van der Waals surface area contributed by atoms with E-state index in [0.29, 0.717) is 12.6 Å². The molecule has 0 saturated heterocycles. The number of aromatic nitrogens is 4. The summed E-state index contributed by atoms with van der Waals surface area (Å²) in [7, 11) is 3.49. The molecule has 38 heavy (non-hydrogen) atoms. The number of fused-ring (bicyclic) bond motifs is 2. The number of rotatable bonds is 7. The van der Waals surface area contributed by atoms with E-state index < -0.39 is 0 Å². The van der Waals surface area contributed by atoms with Crippen LogP contribution in [-0.4, -0.2) is 33.7 Å². The van der Waals surface area contributed by atoms with Crippen molar-refractivity contribution in [3.8, 4) is 28.3 Å². The normalized spacial score (nSPS) is 11.1. The number of pyridine rings is 1. The average molecular weight is 502 g/mol. The van der Waals surface area contributed by atoms with E-state index in [1.165, 1.54) is 5.56 Å². The van der Waals surface area contributed by atoms with Gasteiger partial charge in [-0.15, -0.1) is 0 Å². The zero-order valence-corrected chi connectivity index (χ0v) is 21.5. The van der Waals surface area contributed by atoms with Crippen molar-refractivity contribution >= 4 is 27.9 Å². The van der Waals surface area contributed by atoms with Gasteiger partial charge in [-0.2, -0.15) is 4.98 Å². The van der Waals surface area contributed by atoms with Gasteiger partial charge in [-0.25, -0.2) is 4.98 Å². The number of hydrogen-bond donors (Lipinski definition) is 1. The molecule has 7 heteroatoms. The van der Waals surface area contributed by atoms with Gasteiger partial charge in [-0.05, 0) is 60.0 Å². The molecule has 0 aliphatic heterocycles. The SMILES string of the molecule is CNc1ncc2c(-c3ccc4ncc(OCc5ccc(OC)cc5)cc4c3)cn(-c3ccccc3C)c2n1. The number of para-hydroxylation sites is 1. The Labute approximate surface area is 220 Å². The lowest BCUT2D eigenvalue weighted by Gasteiger charge is -2.09. The number of aryl methyl sites for hydroxylation is 1. The fourth-order valence-corrected chi connectivity index (χ4v) is 4.62. The lowest BCUT2D eigenvalue weighted by atomic mass is 10.0. The number of methoxy groups -OCH3 is 1. The highest BCUT2D eigenvalue weighted by Gasteiger charge is 2.16. The molecule has 0 aliphatic carbocycles. The van der Waals surface area contributed by atoms with Crippen LogP contribution in [-0.2, 0) is 6.61 Å². The van der Waals surface area contributed by atoms with Crippen LogP contribution in [0.2, 0.25) is 0 Å². The van der Waals surface area contributed by atoms with Crippen LogP contribution in [0.4, 0.5) is 5.95 Å². The van der Waals surface area contributed by atoms with Crippen molar-refractivity contribution in [2.24, 2.45) is 0 Å². The summed E-state index contributed by atoms with van der Waals surface area (Å²) in [6.45, 7) is 2.56. The molecule has 1 N–H and O–H groups in total. The second-order valence-corrected chi connectivity index (χ2v) is 9.10. The Morgan fingerprint density at radius 1 is 0.895 bits per heavy atom. The van der Waals surface area contributed by atoms with Crippen molar-refractivity contribution in [2.75, 3.05) is 19.5 Å². The van der Waals surface area contributed by atoms with Gasteiger partial charge in [0.25, 0.3) is 0 Å². The molecule has 3 aromatic heterocycles. The molecule has 0 radical (unpaired) electrons. The van der Waals surface area contributed by atoms with Crippen LogP contribution in [0.1, 0.15) is 11.1 Å². The summed E-state index contributed by atoms with van der Waals surface area (Å²) in [6.07, 6.45) is 5.79. The Morgan fingerprint density at radius 3 is 2.53 bits per heavy atom. The Morgan fingerprint density at radius 2 is 1.74 bits per heavy atom. The molecule has 3 heterocycles. The summed E-state index contributed by atoms with van der Waals surface area (Å²) >= 11 is 0. The van der Waals surface area contributed by atoms with E-state index in [9.17, 15) is 0 Å². The molecule has 0 unspecified atom stereocenters. The molecule has 3 aromatic carbocycles. The van der Waals surface area contributed by atoms with Crippen LogP contribution in [0.5, 0.6) is 11.5 Å². The summed E-state index contributed by atoms with van der Waals surface area (Å²) in [5, 5.41) is 5.03. The maximum Gasteiger partial charge on any atom is 0.224 e. The topological polar surface area (TPSA) is 74.1 Å². The number of anilines is 1. The minimum absolute atomic E-state index is 0.450. The predicted octanol–water partition coefficient (Wildman–Crippen LogP) is 6.57. The lowest BCUT2D eigenvalue weighted by Crippen LogP contribution is -2.00.